The van der Waals surface area contributed by atoms with Crippen LogP contribution in [-0.4, -0.2) is 21.1 Å². The van der Waals surface area contributed by atoms with Gasteiger partial charge in [0.2, 0.25) is 5.89 Å². The van der Waals surface area contributed by atoms with E-state index in [0.717, 1.165) is 19.3 Å². The minimum Gasteiger partial charge on any atom is -0.449 e. The summed E-state index contributed by atoms with van der Waals surface area (Å²) in [5, 5.41) is 18.6. The van der Waals surface area contributed by atoms with Crippen LogP contribution in [0, 0.1) is 10.1 Å². The van der Waals surface area contributed by atoms with Gasteiger partial charge in [-0.1, -0.05) is 6.07 Å². The normalized spacial score (nSPS) is 14.1. The van der Waals surface area contributed by atoms with E-state index in [1.54, 1.807) is 13.0 Å². The van der Waals surface area contributed by atoms with E-state index in [9.17, 15) is 14.9 Å². The summed E-state index contributed by atoms with van der Waals surface area (Å²) in [6.45, 7) is 1.66. The first-order valence-corrected chi connectivity index (χ1v) is 9.42. The zero-order valence-corrected chi connectivity index (χ0v) is 15.8. The molecule has 1 aliphatic rings. The van der Waals surface area contributed by atoms with Crippen LogP contribution in [0.3, 0.4) is 0 Å². The SMILES string of the molecule is CC(OC(=O)c1ccc2c(c1)CCCC2)c1nnc(-c2ccc([N+](=O)[O-])cc2)o1. The van der Waals surface area contributed by atoms with Crippen molar-refractivity contribution < 1.29 is 18.9 Å². The van der Waals surface area contributed by atoms with Crippen molar-refractivity contribution in [1.82, 2.24) is 10.2 Å². The van der Waals surface area contributed by atoms with Crippen LogP contribution in [0.1, 0.15) is 53.2 Å². The monoisotopic (exact) mass is 393 g/mol. The van der Waals surface area contributed by atoms with Crippen LogP contribution in [0.5, 0.6) is 0 Å². The largest absolute Gasteiger partial charge is 0.449 e. The van der Waals surface area contributed by atoms with Crippen LogP contribution in [0.2, 0.25) is 0 Å². The summed E-state index contributed by atoms with van der Waals surface area (Å²) in [6, 6.07) is 11.5. The van der Waals surface area contributed by atoms with E-state index in [-0.39, 0.29) is 17.5 Å². The van der Waals surface area contributed by atoms with Crippen molar-refractivity contribution in [3.05, 3.63) is 75.2 Å². The number of carbonyl (C=O) groups excluding carboxylic acids is 1. The van der Waals surface area contributed by atoms with E-state index in [2.05, 4.69) is 10.2 Å². The molecule has 148 valence electrons. The molecule has 0 N–H and O–H groups in total. The van der Waals surface area contributed by atoms with E-state index < -0.39 is 17.0 Å². The Morgan fingerprint density at radius 1 is 1.10 bits per heavy atom. The van der Waals surface area contributed by atoms with Gasteiger partial charge in [0.05, 0.1) is 10.5 Å². The van der Waals surface area contributed by atoms with Gasteiger partial charge in [-0.3, -0.25) is 10.1 Å². The molecule has 8 heteroatoms. The molecule has 1 aliphatic carbocycles. The van der Waals surface area contributed by atoms with Gasteiger partial charge >= 0.3 is 5.97 Å². The lowest BCUT2D eigenvalue weighted by Gasteiger charge is -2.16. The van der Waals surface area contributed by atoms with Crippen LogP contribution in [-0.2, 0) is 17.6 Å². The molecular formula is C21H19N3O5. The highest BCUT2D eigenvalue weighted by molar-refractivity contribution is 5.89. The molecule has 2 aromatic carbocycles. The topological polar surface area (TPSA) is 108 Å². The summed E-state index contributed by atoms with van der Waals surface area (Å²) in [5.74, 6) is -0.0859. The Balaban J connectivity index is 1.45. The molecule has 0 spiro atoms. The van der Waals surface area contributed by atoms with E-state index in [4.69, 9.17) is 9.15 Å². The first kappa shape index (κ1) is 18.8. The molecule has 0 bridgehead atoms. The van der Waals surface area contributed by atoms with Gasteiger partial charge in [0, 0.05) is 17.7 Å². The lowest BCUT2D eigenvalue weighted by molar-refractivity contribution is -0.384. The molecule has 1 atom stereocenters. The number of nitrogens with zero attached hydrogens (tertiary/aromatic N) is 3. The number of aromatic nitrogens is 2. The first-order chi connectivity index (χ1) is 14.0. The van der Waals surface area contributed by atoms with Crippen molar-refractivity contribution in [1.29, 1.82) is 0 Å². The zero-order chi connectivity index (χ0) is 20.4. The first-order valence-electron chi connectivity index (χ1n) is 9.42. The number of hydrogen-bond donors (Lipinski definition) is 0. The smallest absolute Gasteiger partial charge is 0.338 e. The van der Waals surface area contributed by atoms with Crippen LogP contribution < -0.4 is 0 Å². The molecule has 0 radical (unpaired) electrons. The molecule has 0 amide bonds. The van der Waals surface area contributed by atoms with Crippen molar-refractivity contribution in [3.63, 3.8) is 0 Å². The average molecular weight is 393 g/mol. The predicted molar refractivity (Wildman–Crippen MR) is 103 cm³/mol. The molecular weight excluding hydrogens is 374 g/mol. The maximum absolute atomic E-state index is 12.5. The highest BCUT2D eigenvalue weighted by Gasteiger charge is 2.21. The fraction of sp³-hybridized carbons (Fsp3) is 0.286. The molecule has 29 heavy (non-hydrogen) atoms. The molecule has 3 aromatic rings. The number of esters is 1. The highest BCUT2D eigenvalue weighted by Crippen LogP contribution is 2.26. The summed E-state index contributed by atoms with van der Waals surface area (Å²) < 4.78 is 11.1. The number of rotatable bonds is 5. The van der Waals surface area contributed by atoms with Gasteiger partial charge in [0.15, 0.2) is 6.10 Å². The Bertz CT molecular complexity index is 1060. The van der Waals surface area contributed by atoms with Gasteiger partial charge in [0.1, 0.15) is 0 Å². The van der Waals surface area contributed by atoms with Gasteiger partial charge in [-0.05, 0) is 68.0 Å². The van der Waals surface area contributed by atoms with Crippen LogP contribution in [0.15, 0.2) is 46.9 Å². The Hall–Kier alpha value is -3.55. The van der Waals surface area contributed by atoms with Crippen LogP contribution in [0.25, 0.3) is 11.5 Å². The van der Waals surface area contributed by atoms with Crippen LogP contribution >= 0.6 is 0 Å². The van der Waals surface area contributed by atoms with Crippen molar-refractivity contribution in [2.24, 2.45) is 0 Å². The number of non-ortho nitro benzene ring substituents is 1. The number of aryl methyl sites for hydroxylation is 2. The number of hydrogen-bond acceptors (Lipinski definition) is 7. The summed E-state index contributed by atoms with van der Waals surface area (Å²) in [4.78, 5) is 22.8. The zero-order valence-electron chi connectivity index (χ0n) is 15.8. The third-order valence-electron chi connectivity index (χ3n) is 4.98. The van der Waals surface area contributed by atoms with Gasteiger partial charge < -0.3 is 9.15 Å². The van der Waals surface area contributed by atoms with E-state index in [0.29, 0.717) is 11.1 Å². The maximum Gasteiger partial charge on any atom is 0.338 e. The fourth-order valence-corrected chi connectivity index (χ4v) is 3.38. The molecule has 8 nitrogen and oxygen atoms in total. The Kier molecular flexibility index (Phi) is 5.07. The fourth-order valence-electron chi connectivity index (χ4n) is 3.38. The molecule has 0 fully saturated rings. The second kappa shape index (κ2) is 7.83. The molecule has 4 rings (SSSR count). The second-order valence-corrected chi connectivity index (χ2v) is 6.99. The summed E-state index contributed by atoms with van der Waals surface area (Å²) in [7, 11) is 0. The minimum absolute atomic E-state index is 0.0270. The van der Waals surface area contributed by atoms with E-state index >= 15 is 0 Å². The van der Waals surface area contributed by atoms with E-state index in [1.165, 1.54) is 41.8 Å². The average Bonchev–Trinajstić information content (AvgIpc) is 3.24. The lowest BCUT2D eigenvalue weighted by atomic mass is 9.90. The number of ether oxygens (including phenoxy) is 1. The summed E-state index contributed by atoms with van der Waals surface area (Å²) >= 11 is 0. The van der Waals surface area contributed by atoms with Gasteiger partial charge in [-0.2, -0.15) is 0 Å². The predicted octanol–water partition coefficient (Wildman–Crippen LogP) is 4.44. The van der Waals surface area contributed by atoms with Gasteiger partial charge in [0.25, 0.3) is 11.6 Å². The second-order valence-electron chi connectivity index (χ2n) is 6.99. The van der Waals surface area contributed by atoms with Crippen LogP contribution in [0.4, 0.5) is 5.69 Å². The summed E-state index contributed by atoms with van der Waals surface area (Å²) in [6.07, 6.45) is 3.62. The van der Waals surface area contributed by atoms with Crippen molar-refractivity contribution in [3.8, 4) is 11.5 Å². The molecule has 1 unspecified atom stereocenters. The standard InChI is InChI=1S/C21H19N3O5/c1-13(28-21(25)17-7-6-14-4-2-3-5-16(14)12-17)19-22-23-20(29-19)15-8-10-18(11-9-15)24(26)27/h6-13H,2-5H2,1H3. The van der Waals surface area contributed by atoms with Crippen molar-refractivity contribution >= 4 is 11.7 Å². The number of fused-ring (bicyclic) bond motifs is 1. The third kappa shape index (κ3) is 4.01. The van der Waals surface area contributed by atoms with Gasteiger partial charge in [-0.25, -0.2) is 4.79 Å². The molecule has 0 aliphatic heterocycles. The van der Waals surface area contributed by atoms with Crippen molar-refractivity contribution in [2.75, 3.05) is 0 Å². The number of carbonyl (C=O) groups is 1. The molecule has 1 heterocycles. The Labute approximate surface area is 166 Å². The third-order valence-corrected chi connectivity index (χ3v) is 4.98. The highest BCUT2D eigenvalue weighted by atomic mass is 16.6. The lowest BCUT2D eigenvalue weighted by Crippen LogP contribution is -2.11. The molecule has 0 saturated carbocycles. The number of nitro benzene ring substituents is 1. The molecule has 0 saturated heterocycles. The minimum atomic E-state index is -0.724. The quantitative estimate of drug-likeness (QED) is 0.358. The number of benzene rings is 2. The van der Waals surface area contributed by atoms with E-state index in [1.807, 2.05) is 12.1 Å². The van der Waals surface area contributed by atoms with Crippen molar-refractivity contribution in [2.45, 2.75) is 38.7 Å². The van der Waals surface area contributed by atoms with Gasteiger partial charge in [-0.15, -0.1) is 10.2 Å². The Morgan fingerprint density at radius 2 is 1.83 bits per heavy atom. The maximum atomic E-state index is 12.5. The molecule has 1 aromatic heterocycles. The number of nitro groups is 1. The Morgan fingerprint density at radius 3 is 2.55 bits per heavy atom. The summed E-state index contributed by atoms with van der Waals surface area (Å²) in [5.41, 5.74) is 3.53.